The van der Waals surface area contributed by atoms with Crippen molar-refractivity contribution in [2.45, 2.75) is 38.1 Å². The molecule has 3 nitrogen and oxygen atoms in total. The van der Waals surface area contributed by atoms with Gasteiger partial charge in [0.1, 0.15) is 0 Å². The Balaban J connectivity index is 2.54. The molecule has 0 heterocycles. The maximum Gasteiger partial charge on any atom is 0.235 e. The molecule has 0 aromatic heterocycles. The molecule has 0 atom stereocenters. The maximum absolute atomic E-state index is 13.4. The van der Waals surface area contributed by atoms with Gasteiger partial charge in [-0.05, 0) is 37.0 Å². The second kappa shape index (κ2) is 4.30. The lowest BCUT2D eigenvalue weighted by Gasteiger charge is -2.23. The highest BCUT2D eigenvalue weighted by atomic mass is 19.1. The minimum Gasteiger partial charge on any atom is -0.505 e. The largest absolute Gasteiger partial charge is 0.505 e. The van der Waals surface area contributed by atoms with Gasteiger partial charge in [-0.1, -0.05) is 18.9 Å². The van der Waals surface area contributed by atoms with Gasteiger partial charge in [0.15, 0.2) is 11.6 Å². The van der Waals surface area contributed by atoms with E-state index in [-0.39, 0.29) is 5.75 Å². The molecule has 1 N–H and O–H groups in total. The molecule has 4 heteroatoms. The van der Waals surface area contributed by atoms with Crippen LogP contribution in [0.4, 0.5) is 4.39 Å². The number of benzene rings is 1. The summed E-state index contributed by atoms with van der Waals surface area (Å²) in [5.74, 6) is -0.996. The first-order valence-corrected chi connectivity index (χ1v) is 5.68. The number of isocyanates is 1. The van der Waals surface area contributed by atoms with Crippen molar-refractivity contribution in [3.63, 3.8) is 0 Å². The molecule has 2 rings (SSSR count). The third-order valence-corrected chi connectivity index (χ3v) is 3.46. The molecule has 1 fully saturated rings. The molecule has 0 bridgehead atoms. The third kappa shape index (κ3) is 1.96. The molecule has 0 aliphatic heterocycles. The fraction of sp³-hybridized carbons (Fsp3) is 0.462. The van der Waals surface area contributed by atoms with E-state index in [9.17, 15) is 14.3 Å². The molecule has 1 aromatic carbocycles. The van der Waals surface area contributed by atoms with Crippen molar-refractivity contribution in [2.24, 2.45) is 4.99 Å². The molecular formula is C13H14FNO2. The molecular weight excluding hydrogens is 221 g/mol. The van der Waals surface area contributed by atoms with Crippen molar-refractivity contribution in [3.05, 3.63) is 29.1 Å². The van der Waals surface area contributed by atoms with E-state index in [0.717, 1.165) is 25.7 Å². The van der Waals surface area contributed by atoms with Crippen molar-refractivity contribution >= 4 is 6.08 Å². The third-order valence-electron chi connectivity index (χ3n) is 3.46. The van der Waals surface area contributed by atoms with E-state index in [0.29, 0.717) is 11.1 Å². The lowest BCUT2D eigenvalue weighted by Crippen LogP contribution is -2.19. The lowest BCUT2D eigenvalue weighted by molar-refractivity contribution is 0.417. The fourth-order valence-corrected chi connectivity index (χ4v) is 2.53. The molecule has 1 saturated carbocycles. The average molecular weight is 235 g/mol. The number of rotatable bonds is 2. The van der Waals surface area contributed by atoms with Crippen LogP contribution in [0.1, 0.15) is 36.8 Å². The zero-order chi connectivity index (χ0) is 12.5. The Labute approximate surface area is 99.0 Å². The molecule has 17 heavy (non-hydrogen) atoms. The van der Waals surface area contributed by atoms with E-state index in [2.05, 4.69) is 4.99 Å². The minimum absolute atomic E-state index is 0.368. The van der Waals surface area contributed by atoms with Gasteiger partial charge in [0.25, 0.3) is 0 Å². The highest BCUT2D eigenvalue weighted by Gasteiger charge is 2.36. The van der Waals surface area contributed by atoms with Crippen molar-refractivity contribution < 1.29 is 14.3 Å². The van der Waals surface area contributed by atoms with Crippen molar-refractivity contribution in [1.82, 2.24) is 0 Å². The summed E-state index contributed by atoms with van der Waals surface area (Å²) in [6.07, 6.45) is 5.04. The number of hydrogen-bond donors (Lipinski definition) is 1. The van der Waals surface area contributed by atoms with Crippen LogP contribution in [0.2, 0.25) is 0 Å². The lowest BCUT2D eigenvalue weighted by atomic mass is 9.87. The number of nitrogens with zero attached hydrogens (tertiary/aromatic N) is 1. The van der Waals surface area contributed by atoms with E-state index in [4.69, 9.17) is 0 Å². The zero-order valence-corrected chi connectivity index (χ0v) is 9.66. The monoisotopic (exact) mass is 235 g/mol. The summed E-state index contributed by atoms with van der Waals surface area (Å²) in [6.45, 7) is 1.59. The number of phenols is 1. The normalized spacial score (nSPS) is 17.8. The van der Waals surface area contributed by atoms with E-state index in [1.165, 1.54) is 6.07 Å². The fourth-order valence-electron chi connectivity index (χ4n) is 2.53. The first-order valence-electron chi connectivity index (χ1n) is 5.68. The van der Waals surface area contributed by atoms with Crippen LogP contribution in [-0.2, 0) is 10.3 Å². The standard InChI is InChI=1S/C13H14FNO2/c1-9-6-10(7-11(17)12(9)14)13(15-8-16)4-2-3-5-13/h6-7,17H,2-5H2,1H3. The second-order valence-electron chi connectivity index (χ2n) is 4.57. The molecule has 1 aliphatic carbocycles. The van der Waals surface area contributed by atoms with Crippen LogP contribution < -0.4 is 0 Å². The summed E-state index contributed by atoms with van der Waals surface area (Å²) < 4.78 is 13.4. The minimum atomic E-state index is -0.614. The first kappa shape index (κ1) is 11.8. The number of halogens is 1. The molecule has 1 aromatic rings. The van der Waals surface area contributed by atoms with Gasteiger partial charge in [0.05, 0.1) is 5.54 Å². The Kier molecular flexibility index (Phi) is 2.99. The SMILES string of the molecule is Cc1cc(C2(N=C=O)CCCC2)cc(O)c1F. The molecule has 0 amide bonds. The number of hydrogen-bond acceptors (Lipinski definition) is 3. The molecule has 0 unspecified atom stereocenters. The van der Waals surface area contributed by atoms with Gasteiger partial charge in [-0.25, -0.2) is 9.18 Å². The smallest absolute Gasteiger partial charge is 0.235 e. The molecule has 0 radical (unpaired) electrons. The summed E-state index contributed by atoms with van der Waals surface area (Å²) in [6, 6.07) is 3.02. The van der Waals surface area contributed by atoms with Gasteiger partial charge in [-0.15, -0.1) is 0 Å². The van der Waals surface area contributed by atoms with Crippen LogP contribution in [0.3, 0.4) is 0 Å². The summed E-state index contributed by atoms with van der Waals surface area (Å²) in [5, 5.41) is 9.51. The number of aryl methyl sites for hydroxylation is 1. The van der Waals surface area contributed by atoms with Crippen molar-refractivity contribution in [1.29, 1.82) is 0 Å². The Morgan fingerprint density at radius 2 is 2.06 bits per heavy atom. The van der Waals surface area contributed by atoms with E-state index < -0.39 is 11.4 Å². The Hall–Kier alpha value is -1.67. The van der Waals surface area contributed by atoms with Crippen LogP contribution in [-0.4, -0.2) is 11.2 Å². The van der Waals surface area contributed by atoms with Gasteiger partial charge in [-0.3, -0.25) is 0 Å². The van der Waals surface area contributed by atoms with Gasteiger partial charge < -0.3 is 5.11 Å². The summed E-state index contributed by atoms with van der Waals surface area (Å²) >= 11 is 0. The predicted octanol–water partition coefficient (Wildman–Crippen LogP) is 2.94. The average Bonchev–Trinajstić information content (AvgIpc) is 2.75. The number of aliphatic imine (C=N–C) groups is 1. The molecule has 0 saturated heterocycles. The van der Waals surface area contributed by atoms with Gasteiger partial charge in [0.2, 0.25) is 6.08 Å². The number of phenolic OH excluding ortho intramolecular Hbond substituents is 1. The molecule has 90 valence electrons. The van der Waals surface area contributed by atoms with Gasteiger partial charge in [0, 0.05) is 0 Å². The summed E-state index contributed by atoms with van der Waals surface area (Å²) in [7, 11) is 0. The summed E-state index contributed by atoms with van der Waals surface area (Å²) in [5.41, 5.74) is 0.458. The van der Waals surface area contributed by atoms with E-state index in [1.807, 2.05) is 0 Å². The van der Waals surface area contributed by atoms with E-state index >= 15 is 0 Å². The predicted molar refractivity (Wildman–Crippen MR) is 61.1 cm³/mol. The van der Waals surface area contributed by atoms with Crippen LogP contribution in [0.5, 0.6) is 5.75 Å². The topological polar surface area (TPSA) is 49.7 Å². The Bertz CT molecular complexity index is 463. The number of aromatic hydroxyl groups is 1. The van der Waals surface area contributed by atoms with Crippen LogP contribution >= 0.6 is 0 Å². The highest BCUT2D eigenvalue weighted by Crippen LogP contribution is 2.43. The van der Waals surface area contributed by atoms with Gasteiger partial charge >= 0.3 is 0 Å². The van der Waals surface area contributed by atoms with Crippen LogP contribution in [0, 0.1) is 12.7 Å². The van der Waals surface area contributed by atoms with Gasteiger partial charge in [-0.2, -0.15) is 4.99 Å². The quantitative estimate of drug-likeness (QED) is 0.633. The van der Waals surface area contributed by atoms with Crippen LogP contribution in [0.15, 0.2) is 17.1 Å². The first-order chi connectivity index (χ1) is 8.09. The zero-order valence-electron chi connectivity index (χ0n) is 9.66. The highest BCUT2D eigenvalue weighted by molar-refractivity contribution is 5.43. The Morgan fingerprint density at radius 3 is 2.59 bits per heavy atom. The number of carbonyl (C=O) groups excluding carboxylic acids is 1. The van der Waals surface area contributed by atoms with Crippen molar-refractivity contribution in [2.75, 3.05) is 0 Å². The molecule has 0 spiro atoms. The maximum atomic E-state index is 13.4. The van der Waals surface area contributed by atoms with Crippen molar-refractivity contribution in [3.8, 4) is 5.75 Å². The van der Waals surface area contributed by atoms with E-state index in [1.54, 1.807) is 19.1 Å². The second-order valence-corrected chi connectivity index (χ2v) is 4.57. The Morgan fingerprint density at radius 1 is 1.41 bits per heavy atom. The molecule has 1 aliphatic rings. The summed E-state index contributed by atoms with van der Waals surface area (Å²) in [4.78, 5) is 14.4. The van der Waals surface area contributed by atoms with Crippen LogP contribution in [0.25, 0.3) is 0 Å².